The fraction of sp³-hybridized carbons (Fsp3) is 0.588. The molecule has 1 amide bonds. The summed E-state index contributed by atoms with van der Waals surface area (Å²) in [6.45, 7) is 1.97. The topological polar surface area (TPSA) is 98.7 Å². The summed E-state index contributed by atoms with van der Waals surface area (Å²) in [5.41, 5.74) is 0. The van der Waals surface area contributed by atoms with Gasteiger partial charge in [0.2, 0.25) is 15.9 Å². The molecule has 3 rings (SSSR count). The van der Waals surface area contributed by atoms with Gasteiger partial charge in [-0.1, -0.05) is 12.1 Å². The molecule has 2 heterocycles. The van der Waals surface area contributed by atoms with E-state index in [1.54, 1.807) is 0 Å². The fourth-order valence-electron chi connectivity index (χ4n) is 3.45. The Morgan fingerprint density at radius 3 is 2.58 bits per heavy atom. The lowest BCUT2D eigenvalue weighted by Crippen LogP contribution is -2.44. The van der Waals surface area contributed by atoms with Crippen LogP contribution in [0, 0.1) is 17.7 Å². The van der Waals surface area contributed by atoms with Gasteiger partial charge in [-0.2, -0.15) is 4.31 Å². The molecule has 1 aromatic rings. The lowest BCUT2D eigenvalue weighted by Gasteiger charge is -2.30. The highest BCUT2D eigenvalue weighted by Gasteiger charge is 2.34. The first-order chi connectivity index (χ1) is 12.4. The molecule has 2 atom stereocenters. The molecular formula is C17H24FN3O4S. The van der Waals surface area contributed by atoms with Crippen LogP contribution in [0.15, 0.2) is 29.2 Å². The second kappa shape index (κ2) is 7.99. The number of carbonyl (C=O) groups excluding carboxylic acids is 1. The van der Waals surface area contributed by atoms with Crippen molar-refractivity contribution >= 4 is 15.9 Å². The van der Waals surface area contributed by atoms with E-state index in [0.717, 1.165) is 6.07 Å². The minimum Gasteiger partial charge on any atom is -0.391 e. The van der Waals surface area contributed by atoms with Gasteiger partial charge in [0.05, 0.1) is 6.10 Å². The SMILES string of the molecule is O=C(NCC1CNCC1O)C1CCN(S(=O)(=O)c2ccccc2F)CC1. The fourth-order valence-corrected chi connectivity index (χ4v) is 4.99. The summed E-state index contributed by atoms with van der Waals surface area (Å²) in [4.78, 5) is 12.0. The summed E-state index contributed by atoms with van der Waals surface area (Å²) in [7, 11) is -3.89. The molecule has 3 N–H and O–H groups in total. The maximum Gasteiger partial charge on any atom is 0.245 e. The Kier molecular flexibility index (Phi) is 5.91. The Bertz CT molecular complexity index is 750. The van der Waals surface area contributed by atoms with E-state index in [1.807, 2.05) is 0 Å². The number of nitrogens with one attached hydrogen (secondary N) is 2. The number of aliphatic hydroxyl groups excluding tert-OH is 1. The lowest BCUT2D eigenvalue weighted by atomic mass is 9.97. The van der Waals surface area contributed by atoms with Crippen LogP contribution in [0.1, 0.15) is 12.8 Å². The van der Waals surface area contributed by atoms with E-state index in [2.05, 4.69) is 10.6 Å². The summed E-state index contributed by atoms with van der Waals surface area (Å²) in [5, 5.41) is 15.7. The number of halogens is 1. The highest BCUT2D eigenvalue weighted by atomic mass is 32.2. The van der Waals surface area contributed by atoms with E-state index >= 15 is 0 Å². The smallest absolute Gasteiger partial charge is 0.245 e. The average Bonchev–Trinajstić information content (AvgIpc) is 3.05. The zero-order valence-corrected chi connectivity index (χ0v) is 15.2. The predicted molar refractivity (Wildman–Crippen MR) is 93.3 cm³/mol. The third kappa shape index (κ3) is 4.06. The predicted octanol–water partition coefficient (Wildman–Crippen LogP) is -0.0771. The summed E-state index contributed by atoms with van der Waals surface area (Å²) in [6, 6.07) is 5.31. The summed E-state index contributed by atoms with van der Waals surface area (Å²) in [6.07, 6.45) is 0.332. The van der Waals surface area contributed by atoms with Crippen molar-refractivity contribution < 1.29 is 22.7 Å². The number of piperidine rings is 1. The number of carbonyl (C=O) groups is 1. The van der Waals surface area contributed by atoms with E-state index in [0.29, 0.717) is 32.5 Å². The van der Waals surface area contributed by atoms with E-state index in [9.17, 15) is 22.7 Å². The highest BCUT2D eigenvalue weighted by molar-refractivity contribution is 7.89. The molecule has 2 aliphatic heterocycles. The molecule has 2 aliphatic rings. The standard InChI is InChI=1S/C17H24FN3O4S/c18-14-3-1-2-4-16(14)26(24,25)21-7-5-12(6-8-21)17(23)20-10-13-9-19-11-15(13)22/h1-4,12-13,15,19,22H,5-11H2,(H,20,23). The monoisotopic (exact) mass is 385 g/mol. The Morgan fingerprint density at radius 1 is 1.27 bits per heavy atom. The molecule has 2 unspecified atom stereocenters. The second-order valence-corrected chi connectivity index (χ2v) is 8.75. The van der Waals surface area contributed by atoms with Crippen LogP contribution >= 0.6 is 0 Å². The summed E-state index contributed by atoms with van der Waals surface area (Å²) >= 11 is 0. The Morgan fingerprint density at radius 2 is 1.96 bits per heavy atom. The van der Waals surface area contributed by atoms with Crippen molar-refractivity contribution in [1.82, 2.24) is 14.9 Å². The van der Waals surface area contributed by atoms with Crippen molar-refractivity contribution in [2.24, 2.45) is 11.8 Å². The lowest BCUT2D eigenvalue weighted by molar-refractivity contribution is -0.126. The van der Waals surface area contributed by atoms with Gasteiger partial charge < -0.3 is 15.7 Å². The van der Waals surface area contributed by atoms with Crippen LogP contribution in [0.3, 0.4) is 0 Å². The molecular weight excluding hydrogens is 361 g/mol. The van der Waals surface area contributed by atoms with Crippen molar-refractivity contribution in [3.8, 4) is 0 Å². The zero-order valence-electron chi connectivity index (χ0n) is 14.4. The largest absolute Gasteiger partial charge is 0.391 e. The van der Waals surface area contributed by atoms with E-state index in [1.165, 1.54) is 22.5 Å². The van der Waals surface area contributed by atoms with Crippen molar-refractivity contribution in [2.75, 3.05) is 32.7 Å². The van der Waals surface area contributed by atoms with Crippen LogP contribution in [0.25, 0.3) is 0 Å². The molecule has 7 nitrogen and oxygen atoms in total. The molecule has 0 aromatic heterocycles. The first-order valence-corrected chi connectivity index (χ1v) is 10.2. The van der Waals surface area contributed by atoms with Gasteiger partial charge in [0.25, 0.3) is 0 Å². The molecule has 0 radical (unpaired) electrons. The number of rotatable bonds is 5. The number of sulfonamides is 1. The van der Waals surface area contributed by atoms with E-state index in [-0.39, 0.29) is 35.7 Å². The molecule has 26 heavy (non-hydrogen) atoms. The first kappa shape index (κ1) is 19.2. The van der Waals surface area contributed by atoms with Gasteiger partial charge in [-0.05, 0) is 25.0 Å². The quantitative estimate of drug-likeness (QED) is 0.659. The van der Waals surface area contributed by atoms with Crippen LogP contribution in [0.2, 0.25) is 0 Å². The van der Waals surface area contributed by atoms with Crippen LogP contribution in [0.5, 0.6) is 0 Å². The van der Waals surface area contributed by atoms with E-state index < -0.39 is 21.9 Å². The van der Waals surface area contributed by atoms with Crippen molar-refractivity contribution in [3.63, 3.8) is 0 Å². The molecule has 9 heteroatoms. The minimum atomic E-state index is -3.89. The van der Waals surface area contributed by atoms with Gasteiger partial charge in [0.15, 0.2) is 0 Å². The van der Waals surface area contributed by atoms with Gasteiger partial charge in [-0.3, -0.25) is 4.79 Å². The van der Waals surface area contributed by atoms with Gasteiger partial charge in [-0.25, -0.2) is 12.8 Å². The van der Waals surface area contributed by atoms with Crippen LogP contribution in [-0.2, 0) is 14.8 Å². The van der Waals surface area contributed by atoms with Crippen molar-refractivity contribution in [2.45, 2.75) is 23.8 Å². The van der Waals surface area contributed by atoms with Crippen LogP contribution in [0.4, 0.5) is 4.39 Å². The molecule has 2 saturated heterocycles. The number of hydrogen-bond acceptors (Lipinski definition) is 5. The summed E-state index contributed by atoms with van der Waals surface area (Å²) in [5.74, 6) is -1.16. The zero-order chi connectivity index (χ0) is 18.7. The van der Waals surface area contributed by atoms with Gasteiger partial charge in [-0.15, -0.1) is 0 Å². The van der Waals surface area contributed by atoms with Crippen LogP contribution < -0.4 is 10.6 Å². The summed E-state index contributed by atoms with van der Waals surface area (Å²) < 4.78 is 40.2. The number of β-amino-alcohol motifs (C(OH)–C–C–N with tert-alkyl or cyclic N) is 1. The van der Waals surface area contributed by atoms with Crippen LogP contribution in [-0.4, -0.2) is 62.6 Å². The minimum absolute atomic E-state index is 0.000438. The molecule has 0 aliphatic carbocycles. The average molecular weight is 385 g/mol. The molecule has 0 saturated carbocycles. The Balaban J connectivity index is 1.54. The normalized spacial score (nSPS) is 25.3. The molecule has 0 bridgehead atoms. The number of amides is 1. The third-order valence-corrected chi connectivity index (χ3v) is 7.05. The Labute approximate surface area is 152 Å². The molecule has 2 fully saturated rings. The number of benzene rings is 1. The number of nitrogens with zero attached hydrogens (tertiary/aromatic N) is 1. The maximum absolute atomic E-state index is 13.8. The second-order valence-electron chi connectivity index (χ2n) is 6.84. The number of aliphatic hydroxyl groups is 1. The maximum atomic E-state index is 13.8. The molecule has 1 aromatic carbocycles. The molecule has 144 valence electrons. The third-order valence-electron chi connectivity index (χ3n) is 5.12. The molecule has 0 spiro atoms. The van der Waals surface area contributed by atoms with Gasteiger partial charge >= 0.3 is 0 Å². The van der Waals surface area contributed by atoms with Gasteiger partial charge in [0.1, 0.15) is 10.7 Å². The van der Waals surface area contributed by atoms with Crippen molar-refractivity contribution in [3.05, 3.63) is 30.1 Å². The first-order valence-electron chi connectivity index (χ1n) is 8.81. The highest BCUT2D eigenvalue weighted by Crippen LogP contribution is 2.25. The van der Waals surface area contributed by atoms with Gasteiger partial charge in [0, 0.05) is 44.6 Å². The van der Waals surface area contributed by atoms with Crippen molar-refractivity contribution in [1.29, 1.82) is 0 Å². The Hall–Kier alpha value is -1.55. The number of hydrogen-bond donors (Lipinski definition) is 3. The van der Waals surface area contributed by atoms with E-state index in [4.69, 9.17) is 0 Å².